The molecule has 0 saturated carbocycles. The summed E-state index contributed by atoms with van der Waals surface area (Å²) in [5, 5.41) is 6.58. The van der Waals surface area contributed by atoms with Gasteiger partial charge in [-0.1, -0.05) is 13.8 Å². The molecule has 0 bridgehead atoms. The van der Waals surface area contributed by atoms with Crippen molar-refractivity contribution in [2.45, 2.75) is 71.4 Å². The molecule has 0 aromatic carbocycles. The molecule has 2 unspecified atom stereocenters. The molecule has 118 valence electrons. The Balaban J connectivity index is 2.14. The van der Waals surface area contributed by atoms with Crippen molar-refractivity contribution < 1.29 is 4.79 Å². The molecule has 1 aliphatic rings. The van der Waals surface area contributed by atoms with Crippen LogP contribution >= 0.6 is 0 Å². The van der Waals surface area contributed by atoms with E-state index in [1.54, 1.807) is 0 Å². The number of amides is 1. The van der Waals surface area contributed by atoms with Gasteiger partial charge < -0.3 is 15.5 Å². The van der Waals surface area contributed by atoms with Crippen molar-refractivity contribution in [2.24, 2.45) is 0 Å². The van der Waals surface area contributed by atoms with Gasteiger partial charge in [-0.3, -0.25) is 4.79 Å². The number of carbonyl (C=O) groups excluding carboxylic acids is 1. The summed E-state index contributed by atoms with van der Waals surface area (Å²) in [5.74, 6) is 0.174. The van der Waals surface area contributed by atoms with Gasteiger partial charge in [-0.25, -0.2) is 0 Å². The lowest BCUT2D eigenvalue weighted by atomic mass is 10.1. The molecule has 1 aliphatic heterocycles. The first kappa shape index (κ1) is 17.4. The summed E-state index contributed by atoms with van der Waals surface area (Å²) in [7, 11) is 0. The molecule has 0 radical (unpaired) electrons. The van der Waals surface area contributed by atoms with Crippen molar-refractivity contribution in [3.05, 3.63) is 0 Å². The van der Waals surface area contributed by atoms with Crippen molar-refractivity contribution >= 4 is 5.91 Å². The van der Waals surface area contributed by atoms with Crippen LogP contribution < -0.4 is 10.6 Å². The zero-order valence-electron chi connectivity index (χ0n) is 13.6. The van der Waals surface area contributed by atoms with Crippen molar-refractivity contribution in [2.75, 3.05) is 26.2 Å². The van der Waals surface area contributed by atoms with Gasteiger partial charge in [-0.15, -0.1) is 0 Å². The fourth-order valence-electron chi connectivity index (χ4n) is 2.74. The number of nitrogens with one attached hydrogen (secondary N) is 2. The lowest BCUT2D eigenvalue weighted by molar-refractivity contribution is -0.121. The molecule has 0 aliphatic carbocycles. The average molecular weight is 283 g/mol. The van der Waals surface area contributed by atoms with Crippen LogP contribution in [0.5, 0.6) is 0 Å². The van der Waals surface area contributed by atoms with Gasteiger partial charge in [0.1, 0.15) is 0 Å². The van der Waals surface area contributed by atoms with E-state index in [0.29, 0.717) is 18.5 Å². The Kier molecular flexibility index (Phi) is 8.86. The molecule has 1 saturated heterocycles. The second-order valence-corrected chi connectivity index (χ2v) is 6.05. The van der Waals surface area contributed by atoms with Gasteiger partial charge in [0.25, 0.3) is 0 Å². The summed E-state index contributed by atoms with van der Waals surface area (Å²) in [4.78, 5) is 14.3. The summed E-state index contributed by atoms with van der Waals surface area (Å²) in [6, 6.07) is 0.885. The van der Waals surface area contributed by atoms with Crippen LogP contribution in [0.4, 0.5) is 0 Å². The van der Waals surface area contributed by atoms with E-state index in [-0.39, 0.29) is 5.91 Å². The smallest absolute Gasteiger partial charge is 0.221 e. The highest BCUT2D eigenvalue weighted by molar-refractivity contribution is 5.76. The molecule has 1 heterocycles. The third-order valence-electron chi connectivity index (χ3n) is 4.17. The second kappa shape index (κ2) is 10.2. The zero-order chi connectivity index (χ0) is 14.8. The lowest BCUT2D eigenvalue weighted by Crippen LogP contribution is -2.37. The number of hydrogen-bond acceptors (Lipinski definition) is 3. The minimum absolute atomic E-state index is 0.174. The molecule has 0 spiro atoms. The largest absolute Gasteiger partial charge is 0.354 e. The first-order chi connectivity index (χ1) is 9.65. The molecule has 1 amide bonds. The normalized spacial score (nSPS) is 22.2. The molecule has 2 atom stereocenters. The molecule has 4 nitrogen and oxygen atoms in total. The first-order valence-electron chi connectivity index (χ1n) is 8.40. The van der Waals surface area contributed by atoms with Gasteiger partial charge in [-0.05, 0) is 58.7 Å². The van der Waals surface area contributed by atoms with Crippen molar-refractivity contribution in [1.82, 2.24) is 15.5 Å². The zero-order valence-corrected chi connectivity index (χ0v) is 13.6. The van der Waals surface area contributed by atoms with Crippen molar-refractivity contribution in [3.63, 3.8) is 0 Å². The summed E-state index contributed by atoms with van der Waals surface area (Å²) in [5.41, 5.74) is 0. The van der Waals surface area contributed by atoms with Crippen LogP contribution in [0.25, 0.3) is 0 Å². The Labute approximate surface area is 124 Å². The average Bonchev–Trinajstić information content (AvgIpc) is 2.65. The molecule has 1 rings (SSSR count). The van der Waals surface area contributed by atoms with E-state index in [2.05, 4.69) is 36.3 Å². The fourth-order valence-corrected chi connectivity index (χ4v) is 2.74. The van der Waals surface area contributed by atoms with Gasteiger partial charge in [0.15, 0.2) is 0 Å². The van der Waals surface area contributed by atoms with Crippen LogP contribution in [0.1, 0.15) is 59.3 Å². The van der Waals surface area contributed by atoms with E-state index >= 15 is 0 Å². The number of nitrogens with zero attached hydrogens (tertiary/aromatic N) is 1. The van der Waals surface area contributed by atoms with Crippen LogP contribution in [-0.4, -0.2) is 49.1 Å². The third-order valence-corrected chi connectivity index (χ3v) is 4.17. The molecule has 20 heavy (non-hydrogen) atoms. The fraction of sp³-hybridized carbons (Fsp3) is 0.938. The predicted octanol–water partition coefficient (Wildman–Crippen LogP) is 2.15. The van der Waals surface area contributed by atoms with Gasteiger partial charge in [0.2, 0.25) is 5.91 Å². The molecule has 0 aromatic rings. The topological polar surface area (TPSA) is 44.4 Å². The summed E-state index contributed by atoms with van der Waals surface area (Å²) >= 11 is 0. The van der Waals surface area contributed by atoms with Gasteiger partial charge in [-0.2, -0.15) is 0 Å². The van der Waals surface area contributed by atoms with Gasteiger partial charge >= 0.3 is 0 Å². The standard InChI is InChI=1S/C16H33N3O/c1-4-11-19-12-6-7-15(9-13-19)17-10-8-16(20)18-14(3)5-2/h14-15,17H,4-13H2,1-3H3,(H,18,20). The Morgan fingerprint density at radius 2 is 2.10 bits per heavy atom. The molecule has 4 heteroatoms. The Morgan fingerprint density at radius 1 is 1.30 bits per heavy atom. The van der Waals surface area contributed by atoms with E-state index in [0.717, 1.165) is 13.0 Å². The van der Waals surface area contributed by atoms with Crippen LogP contribution in [0.15, 0.2) is 0 Å². The minimum atomic E-state index is 0.174. The second-order valence-electron chi connectivity index (χ2n) is 6.05. The number of rotatable bonds is 8. The van der Waals surface area contributed by atoms with Crippen LogP contribution in [0, 0.1) is 0 Å². The highest BCUT2D eigenvalue weighted by Crippen LogP contribution is 2.11. The summed E-state index contributed by atoms with van der Waals surface area (Å²) < 4.78 is 0. The maximum absolute atomic E-state index is 11.7. The van der Waals surface area contributed by atoms with E-state index in [1.807, 2.05) is 0 Å². The third kappa shape index (κ3) is 7.25. The highest BCUT2D eigenvalue weighted by atomic mass is 16.1. The Morgan fingerprint density at radius 3 is 2.80 bits per heavy atom. The minimum Gasteiger partial charge on any atom is -0.354 e. The lowest BCUT2D eigenvalue weighted by Gasteiger charge is -2.19. The van der Waals surface area contributed by atoms with Crippen LogP contribution in [-0.2, 0) is 4.79 Å². The van der Waals surface area contributed by atoms with Crippen LogP contribution in [0.3, 0.4) is 0 Å². The number of likely N-dealkylation sites (tertiary alicyclic amines) is 1. The van der Waals surface area contributed by atoms with Gasteiger partial charge in [0.05, 0.1) is 0 Å². The quantitative estimate of drug-likeness (QED) is 0.717. The maximum atomic E-state index is 11.7. The molecular weight excluding hydrogens is 250 g/mol. The maximum Gasteiger partial charge on any atom is 0.221 e. The molecular formula is C16H33N3O. The molecule has 0 aromatic heterocycles. The predicted molar refractivity (Wildman–Crippen MR) is 84.9 cm³/mol. The van der Waals surface area contributed by atoms with Crippen molar-refractivity contribution in [3.8, 4) is 0 Å². The Bertz CT molecular complexity index is 270. The van der Waals surface area contributed by atoms with E-state index in [4.69, 9.17) is 0 Å². The number of hydrogen-bond donors (Lipinski definition) is 2. The van der Waals surface area contributed by atoms with E-state index in [9.17, 15) is 4.79 Å². The van der Waals surface area contributed by atoms with E-state index < -0.39 is 0 Å². The van der Waals surface area contributed by atoms with Crippen LogP contribution in [0.2, 0.25) is 0 Å². The Hall–Kier alpha value is -0.610. The molecule has 1 fully saturated rings. The highest BCUT2D eigenvalue weighted by Gasteiger charge is 2.16. The van der Waals surface area contributed by atoms with Gasteiger partial charge in [0, 0.05) is 25.0 Å². The van der Waals surface area contributed by atoms with E-state index in [1.165, 1.54) is 45.3 Å². The SMILES string of the molecule is CCCN1CCCC(NCCC(=O)NC(C)CC)CC1. The molecule has 2 N–H and O–H groups in total. The first-order valence-corrected chi connectivity index (χ1v) is 8.40. The summed E-state index contributed by atoms with van der Waals surface area (Å²) in [6.45, 7) is 10.9. The van der Waals surface area contributed by atoms with Crippen molar-refractivity contribution in [1.29, 1.82) is 0 Å². The number of carbonyl (C=O) groups is 1. The monoisotopic (exact) mass is 283 g/mol. The summed E-state index contributed by atoms with van der Waals surface area (Å²) in [6.07, 6.45) is 6.57.